The molecule has 6 nitrogen and oxygen atoms in total. The Hall–Kier alpha value is -2.86. The average Bonchev–Trinajstić information content (AvgIpc) is 2.67. The molecule has 2 aromatic carbocycles. The molecule has 1 unspecified atom stereocenters. The number of aliphatic hydroxyl groups is 1. The average molecular weight is 342 g/mol. The summed E-state index contributed by atoms with van der Waals surface area (Å²) >= 11 is 0. The van der Waals surface area contributed by atoms with Crippen LogP contribution in [0.4, 0.5) is 5.69 Å². The zero-order chi connectivity index (χ0) is 18.1. The van der Waals surface area contributed by atoms with Crippen molar-refractivity contribution in [2.75, 3.05) is 31.7 Å². The normalized spacial score (nSPS) is 11.4. The van der Waals surface area contributed by atoms with E-state index in [1.165, 1.54) is 0 Å². The minimum absolute atomic E-state index is 0.155. The summed E-state index contributed by atoms with van der Waals surface area (Å²) in [5, 5.41) is 11.8. The number of likely N-dealkylation sites (N-methyl/N-ethyl adjacent to an activating group) is 1. The molecule has 132 valence electrons. The van der Waals surface area contributed by atoms with Crippen molar-refractivity contribution in [2.45, 2.75) is 6.04 Å². The number of esters is 1. The fraction of sp³-hybridized carbons (Fsp3) is 0.263. The third-order valence-corrected chi connectivity index (χ3v) is 3.68. The Kier molecular flexibility index (Phi) is 6.98. The lowest BCUT2D eigenvalue weighted by atomic mass is 10.2. The number of nitrogens with one attached hydrogen (secondary N) is 1. The van der Waals surface area contributed by atoms with Crippen LogP contribution in [0.15, 0.2) is 60.7 Å². The lowest BCUT2D eigenvalue weighted by Crippen LogP contribution is -2.44. The largest absolute Gasteiger partial charge is 0.462 e. The van der Waals surface area contributed by atoms with Gasteiger partial charge < -0.3 is 20.1 Å². The molecule has 0 saturated carbocycles. The van der Waals surface area contributed by atoms with Gasteiger partial charge in [-0.1, -0.05) is 36.4 Å². The van der Waals surface area contributed by atoms with Crippen molar-refractivity contribution >= 4 is 17.6 Å². The van der Waals surface area contributed by atoms with Gasteiger partial charge in [-0.3, -0.25) is 4.79 Å². The summed E-state index contributed by atoms with van der Waals surface area (Å²) in [7, 11) is 1.89. The van der Waals surface area contributed by atoms with E-state index in [2.05, 4.69) is 5.32 Å². The number of benzene rings is 2. The third kappa shape index (κ3) is 5.61. The first kappa shape index (κ1) is 18.5. The summed E-state index contributed by atoms with van der Waals surface area (Å²) in [6.45, 7) is 0.133. The standard InChI is InChI=1S/C19H22N2O4/c1-21(16-10-6-3-7-11-16)12-13-25-19(24)17(14-22)20-18(23)15-8-4-2-5-9-15/h2-11,17,22H,12-14H2,1H3,(H,20,23). The number of carbonyl (C=O) groups excluding carboxylic acids is 2. The number of rotatable bonds is 8. The molecule has 25 heavy (non-hydrogen) atoms. The smallest absolute Gasteiger partial charge is 0.331 e. The number of aliphatic hydroxyl groups excluding tert-OH is 1. The maximum absolute atomic E-state index is 12.0. The van der Waals surface area contributed by atoms with Crippen LogP contribution in [0.2, 0.25) is 0 Å². The maximum Gasteiger partial charge on any atom is 0.331 e. The first-order chi connectivity index (χ1) is 12.1. The van der Waals surface area contributed by atoms with E-state index >= 15 is 0 Å². The second-order valence-electron chi connectivity index (χ2n) is 5.50. The van der Waals surface area contributed by atoms with Gasteiger partial charge in [0, 0.05) is 18.3 Å². The lowest BCUT2D eigenvalue weighted by molar-refractivity contribution is -0.146. The summed E-state index contributed by atoms with van der Waals surface area (Å²) in [6, 6.07) is 17.1. The highest BCUT2D eigenvalue weighted by Gasteiger charge is 2.22. The lowest BCUT2D eigenvalue weighted by Gasteiger charge is -2.20. The minimum Gasteiger partial charge on any atom is -0.462 e. The predicted molar refractivity (Wildman–Crippen MR) is 95.5 cm³/mol. The zero-order valence-electron chi connectivity index (χ0n) is 14.1. The molecule has 0 aromatic heterocycles. The molecular weight excluding hydrogens is 320 g/mol. The highest BCUT2D eigenvalue weighted by Crippen LogP contribution is 2.10. The number of para-hydroxylation sites is 1. The second-order valence-corrected chi connectivity index (χ2v) is 5.50. The van der Waals surface area contributed by atoms with Crippen molar-refractivity contribution in [3.05, 3.63) is 66.2 Å². The Labute approximate surface area is 147 Å². The van der Waals surface area contributed by atoms with Gasteiger partial charge in [-0.25, -0.2) is 4.79 Å². The van der Waals surface area contributed by atoms with Crippen LogP contribution in [0.25, 0.3) is 0 Å². The van der Waals surface area contributed by atoms with E-state index in [0.29, 0.717) is 12.1 Å². The predicted octanol–water partition coefficient (Wildman–Crippen LogP) is 1.46. The molecule has 0 aliphatic carbocycles. The number of carbonyl (C=O) groups is 2. The van der Waals surface area contributed by atoms with Gasteiger partial charge in [0.2, 0.25) is 0 Å². The van der Waals surface area contributed by atoms with Gasteiger partial charge >= 0.3 is 5.97 Å². The monoisotopic (exact) mass is 342 g/mol. The zero-order valence-corrected chi connectivity index (χ0v) is 14.1. The SMILES string of the molecule is CN(CCOC(=O)C(CO)NC(=O)c1ccccc1)c1ccccc1. The molecule has 2 aromatic rings. The quantitative estimate of drug-likeness (QED) is 0.710. The molecule has 0 radical (unpaired) electrons. The van der Waals surface area contributed by atoms with Crippen LogP contribution >= 0.6 is 0 Å². The van der Waals surface area contributed by atoms with Crippen molar-refractivity contribution in [1.29, 1.82) is 0 Å². The Morgan fingerprint density at radius 1 is 1.08 bits per heavy atom. The number of hydrogen-bond donors (Lipinski definition) is 2. The number of anilines is 1. The molecule has 0 spiro atoms. The van der Waals surface area contributed by atoms with Crippen LogP contribution in [0.1, 0.15) is 10.4 Å². The van der Waals surface area contributed by atoms with Crippen LogP contribution in [0.5, 0.6) is 0 Å². The third-order valence-electron chi connectivity index (χ3n) is 3.68. The molecule has 0 aliphatic heterocycles. The first-order valence-corrected chi connectivity index (χ1v) is 8.01. The van der Waals surface area contributed by atoms with E-state index in [1.54, 1.807) is 30.3 Å². The fourth-order valence-corrected chi connectivity index (χ4v) is 2.21. The minimum atomic E-state index is -1.09. The molecule has 0 fully saturated rings. The second kappa shape index (κ2) is 9.44. The Morgan fingerprint density at radius 2 is 1.68 bits per heavy atom. The molecule has 2 N–H and O–H groups in total. The Balaban J connectivity index is 1.80. The van der Waals surface area contributed by atoms with Crippen molar-refractivity contribution in [3.8, 4) is 0 Å². The number of amides is 1. The number of hydrogen-bond acceptors (Lipinski definition) is 5. The fourth-order valence-electron chi connectivity index (χ4n) is 2.21. The topological polar surface area (TPSA) is 78.9 Å². The highest BCUT2D eigenvalue weighted by molar-refractivity contribution is 5.96. The van der Waals surface area contributed by atoms with Crippen LogP contribution in [0, 0.1) is 0 Å². The Bertz CT molecular complexity index is 676. The van der Waals surface area contributed by atoms with E-state index < -0.39 is 24.5 Å². The molecular formula is C19H22N2O4. The van der Waals surface area contributed by atoms with E-state index in [4.69, 9.17) is 4.74 Å². The van der Waals surface area contributed by atoms with Crippen molar-refractivity contribution in [1.82, 2.24) is 5.32 Å². The van der Waals surface area contributed by atoms with Gasteiger partial charge in [-0.15, -0.1) is 0 Å². The molecule has 1 atom stereocenters. The molecule has 0 aliphatic rings. The summed E-state index contributed by atoms with van der Waals surface area (Å²) in [6.07, 6.45) is 0. The van der Waals surface area contributed by atoms with Gasteiger partial charge in [0.05, 0.1) is 13.2 Å². The maximum atomic E-state index is 12.0. The number of ether oxygens (including phenoxy) is 1. The van der Waals surface area contributed by atoms with Gasteiger partial charge in [0.15, 0.2) is 6.04 Å². The summed E-state index contributed by atoms with van der Waals surface area (Å²) in [5.74, 6) is -1.09. The molecule has 0 bridgehead atoms. The summed E-state index contributed by atoms with van der Waals surface area (Å²) in [4.78, 5) is 26.0. The molecule has 0 saturated heterocycles. The van der Waals surface area contributed by atoms with Gasteiger partial charge in [-0.2, -0.15) is 0 Å². The molecule has 0 heterocycles. The summed E-state index contributed by atoms with van der Waals surface area (Å²) < 4.78 is 5.17. The summed E-state index contributed by atoms with van der Waals surface area (Å²) in [5.41, 5.74) is 1.42. The van der Waals surface area contributed by atoms with E-state index in [1.807, 2.05) is 42.3 Å². The van der Waals surface area contributed by atoms with Crippen LogP contribution in [-0.4, -0.2) is 49.8 Å². The van der Waals surface area contributed by atoms with Gasteiger partial charge in [-0.05, 0) is 24.3 Å². The Morgan fingerprint density at radius 3 is 2.28 bits per heavy atom. The van der Waals surface area contributed by atoms with E-state index in [0.717, 1.165) is 5.69 Å². The van der Waals surface area contributed by atoms with Crippen LogP contribution in [0.3, 0.4) is 0 Å². The van der Waals surface area contributed by atoms with Crippen LogP contribution < -0.4 is 10.2 Å². The number of nitrogens with zero attached hydrogens (tertiary/aromatic N) is 1. The highest BCUT2D eigenvalue weighted by atomic mass is 16.5. The molecule has 6 heteroatoms. The van der Waals surface area contributed by atoms with Crippen molar-refractivity contribution in [3.63, 3.8) is 0 Å². The van der Waals surface area contributed by atoms with Gasteiger partial charge in [0.25, 0.3) is 5.91 Å². The first-order valence-electron chi connectivity index (χ1n) is 8.01. The van der Waals surface area contributed by atoms with E-state index in [-0.39, 0.29) is 6.61 Å². The van der Waals surface area contributed by atoms with Gasteiger partial charge in [0.1, 0.15) is 6.61 Å². The molecule has 1 amide bonds. The van der Waals surface area contributed by atoms with Crippen molar-refractivity contribution < 1.29 is 19.4 Å². The van der Waals surface area contributed by atoms with E-state index in [9.17, 15) is 14.7 Å². The van der Waals surface area contributed by atoms with Crippen molar-refractivity contribution in [2.24, 2.45) is 0 Å². The van der Waals surface area contributed by atoms with Crippen LogP contribution in [-0.2, 0) is 9.53 Å². The molecule has 2 rings (SSSR count).